The first-order valence-corrected chi connectivity index (χ1v) is 10.6. The van der Waals surface area contributed by atoms with Gasteiger partial charge in [0.15, 0.2) is 5.78 Å². The van der Waals surface area contributed by atoms with Crippen molar-refractivity contribution in [2.45, 2.75) is 75.9 Å². The third-order valence-electron chi connectivity index (χ3n) is 4.07. The van der Waals surface area contributed by atoms with Gasteiger partial charge in [0.25, 0.3) is 0 Å². The molecule has 0 spiro atoms. The van der Waals surface area contributed by atoms with E-state index in [1.165, 1.54) is 11.8 Å². The second-order valence-electron chi connectivity index (χ2n) is 8.96. The van der Waals surface area contributed by atoms with E-state index in [4.69, 9.17) is 4.89 Å². The minimum Gasteiger partial charge on any atom is -0.507 e. The Hall–Kier alpha value is -0.810. The molecule has 148 valence electrons. The topological polar surface area (TPSA) is 83.8 Å². The van der Waals surface area contributed by atoms with Gasteiger partial charge >= 0.3 is 8.25 Å². The summed E-state index contributed by atoms with van der Waals surface area (Å²) >= 11 is 1.36. The van der Waals surface area contributed by atoms with Crippen molar-refractivity contribution < 1.29 is 23.9 Å². The molecule has 0 saturated heterocycles. The molecule has 1 rings (SSSR count). The molecule has 0 bridgehead atoms. The fraction of sp³-hybridized carbons (Fsp3) is 0.632. The highest BCUT2D eigenvalue weighted by Gasteiger charge is 2.32. The second-order valence-corrected chi connectivity index (χ2v) is 11.5. The maximum Gasteiger partial charge on any atom is 0.317 e. The first kappa shape index (κ1) is 23.2. The third kappa shape index (κ3) is 6.12. The first-order valence-electron chi connectivity index (χ1n) is 8.51. The Morgan fingerprint density at radius 3 is 1.81 bits per heavy atom. The van der Waals surface area contributed by atoms with Crippen LogP contribution in [0.3, 0.4) is 0 Å². The Morgan fingerprint density at radius 2 is 1.46 bits per heavy atom. The fourth-order valence-electron chi connectivity index (χ4n) is 2.46. The lowest BCUT2D eigenvalue weighted by Crippen LogP contribution is -2.31. The lowest BCUT2D eigenvalue weighted by molar-refractivity contribution is -0.122. The Balaban J connectivity index is 3.32. The minimum absolute atomic E-state index is 0.255. The van der Waals surface area contributed by atoms with E-state index in [2.05, 4.69) is 4.52 Å². The van der Waals surface area contributed by atoms with Crippen molar-refractivity contribution in [2.75, 3.05) is 6.61 Å². The van der Waals surface area contributed by atoms with Crippen molar-refractivity contribution in [2.24, 2.45) is 0 Å². The smallest absolute Gasteiger partial charge is 0.317 e. The highest BCUT2D eigenvalue weighted by Crippen LogP contribution is 2.44. The highest BCUT2D eigenvalue weighted by atomic mass is 32.2. The molecule has 0 aliphatic rings. The van der Waals surface area contributed by atoms with E-state index in [1.807, 2.05) is 53.7 Å². The number of hydrogen-bond acceptors (Lipinski definition) is 5. The number of hydrogen-bond donors (Lipinski definition) is 2. The Labute approximate surface area is 161 Å². The molecule has 0 aliphatic heterocycles. The molecule has 7 heteroatoms. The second kappa shape index (κ2) is 8.05. The molecule has 1 aromatic carbocycles. The van der Waals surface area contributed by atoms with E-state index in [0.717, 1.165) is 16.0 Å². The molecule has 0 heterocycles. The molecule has 2 N–H and O–H groups in total. The number of rotatable bonds is 6. The van der Waals surface area contributed by atoms with Crippen LogP contribution in [0.15, 0.2) is 17.0 Å². The van der Waals surface area contributed by atoms with E-state index < -0.39 is 19.6 Å². The number of carbonyl (C=O) groups excluding carboxylic acids is 1. The quantitative estimate of drug-likeness (QED) is 0.524. The van der Waals surface area contributed by atoms with Gasteiger partial charge in [-0.1, -0.05) is 41.5 Å². The zero-order valence-electron chi connectivity index (χ0n) is 16.9. The SMILES string of the molecule is CC(C)(Sc1cc(C(C)(C)C)c(O)c(C(C)(C)C)c1)C(=O)CO[PH](=O)O. The molecule has 1 atom stereocenters. The van der Waals surface area contributed by atoms with Gasteiger partial charge in [0, 0.05) is 16.0 Å². The van der Waals surface area contributed by atoms with Gasteiger partial charge in [0.2, 0.25) is 0 Å². The molecule has 0 radical (unpaired) electrons. The van der Waals surface area contributed by atoms with E-state index in [9.17, 15) is 14.5 Å². The summed E-state index contributed by atoms with van der Waals surface area (Å²) in [5.74, 6) is 0.0262. The summed E-state index contributed by atoms with van der Waals surface area (Å²) in [7, 11) is -3.13. The van der Waals surface area contributed by atoms with Crippen LogP contribution in [-0.4, -0.2) is 27.1 Å². The van der Waals surface area contributed by atoms with Gasteiger partial charge in [0.05, 0.1) is 4.75 Å². The number of ketones is 1. The predicted molar refractivity (Wildman–Crippen MR) is 108 cm³/mol. The Kier molecular flexibility index (Phi) is 7.20. The Morgan fingerprint density at radius 1 is 1.04 bits per heavy atom. The summed E-state index contributed by atoms with van der Waals surface area (Å²) in [4.78, 5) is 22.0. The van der Waals surface area contributed by atoms with Crippen LogP contribution in [0.25, 0.3) is 0 Å². The van der Waals surface area contributed by atoms with Crippen molar-refractivity contribution in [1.29, 1.82) is 0 Å². The number of Topliss-reactive ketones (excluding diaryl/α,β-unsaturated/α-hetero) is 1. The summed E-state index contributed by atoms with van der Waals surface area (Å²) in [6.45, 7) is 15.3. The Bertz CT molecular complexity index is 664. The maximum absolute atomic E-state index is 12.4. The largest absolute Gasteiger partial charge is 0.507 e. The monoisotopic (exact) mass is 402 g/mol. The van der Waals surface area contributed by atoms with Gasteiger partial charge in [-0.25, -0.2) is 0 Å². The molecule has 0 aromatic heterocycles. The highest BCUT2D eigenvalue weighted by molar-refractivity contribution is 8.01. The van der Waals surface area contributed by atoms with E-state index >= 15 is 0 Å². The molecule has 26 heavy (non-hydrogen) atoms. The normalized spacial score (nSPS) is 14.3. The zero-order chi connectivity index (χ0) is 20.5. The minimum atomic E-state index is -3.13. The number of benzene rings is 1. The van der Waals surface area contributed by atoms with Crippen molar-refractivity contribution in [1.82, 2.24) is 0 Å². The third-order valence-corrected chi connectivity index (χ3v) is 5.67. The van der Waals surface area contributed by atoms with E-state index in [1.54, 1.807) is 13.8 Å². The zero-order valence-corrected chi connectivity index (χ0v) is 18.7. The van der Waals surface area contributed by atoms with Gasteiger partial charge in [-0.15, -0.1) is 11.8 Å². The van der Waals surface area contributed by atoms with Crippen molar-refractivity contribution in [3.8, 4) is 5.75 Å². The van der Waals surface area contributed by atoms with E-state index in [-0.39, 0.29) is 16.6 Å². The molecule has 5 nitrogen and oxygen atoms in total. The lowest BCUT2D eigenvalue weighted by Gasteiger charge is -2.30. The van der Waals surface area contributed by atoms with E-state index in [0.29, 0.717) is 5.75 Å². The average Bonchev–Trinajstić information content (AvgIpc) is 2.43. The molecular formula is C19H31O5PS. The molecule has 1 unspecified atom stereocenters. The van der Waals surface area contributed by atoms with Crippen LogP contribution < -0.4 is 0 Å². The van der Waals surface area contributed by atoms with Crippen LogP contribution in [0.5, 0.6) is 5.75 Å². The van der Waals surface area contributed by atoms with Crippen LogP contribution in [-0.2, 0) is 24.7 Å². The standard InChI is InChI=1S/C19H31O5PS/c1-17(2,3)13-9-12(10-14(16(13)21)18(4,5)6)26-19(7,8)15(20)11-24-25(22)23/h9-10,21,25H,11H2,1-8H3,(H,22,23). The molecule has 0 fully saturated rings. The average molecular weight is 402 g/mol. The van der Waals surface area contributed by atoms with Crippen molar-refractivity contribution >= 4 is 25.8 Å². The summed E-state index contributed by atoms with van der Waals surface area (Å²) in [6.07, 6.45) is 0. The lowest BCUT2D eigenvalue weighted by atomic mass is 9.79. The maximum atomic E-state index is 12.4. The van der Waals surface area contributed by atoms with Crippen LogP contribution in [0, 0.1) is 0 Å². The fourth-order valence-corrected chi connectivity index (χ4v) is 3.83. The van der Waals surface area contributed by atoms with Gasteiger partial charge in [-0.3, -0.25) is 9.36 Å². The van der Waals surface area contributed by atoms with Gasteiger partial charge in [-0.05, 0) is 36.8 Å². The van der Waals surface area contributed by atoms with Crippen LogP contribution in [0.4, 0.5) is 0 Å². The summed E-state index contributed by atoms with van der Waals surface area (Å²) in [5.41, 5.74) is 1.14. The van der Waals surface area contributed by atoms with Crippen molar-refractivity contribution in [3.05, 3.63) is 23.3 Å². The molecule has 0 amide bonds. The first-order chi connectivity index (χ1) is 11.6. The molecule has 1 aromatic rings. The van der Waals surface area contributed by atoms with Crippen LogP contribution in [0.1, 0.15) is 66.5 Å². The number of phenolic OH excluding ortho intramolecular Hbond substituents is 1. The van der Waals surface area contributed by atoms with Gasteiger partial charge in [-0.2, -0.15) is 0 Å². The number of aromatic hydroxyl groups is 1. The molecular weight excluding hydrogens is 371 g/mol. The number of phenols is 1. The number of carbonyl (C=O) groups is 1. The summed E-state index contributed by atoms with van der Waals surface area (Å²) < 4.78 is 14.5. The van der Waals surface area contributed by atoms with Crippen molar-refractivity contribution in [3.63, 3.8) is 0 Å². The summed E-state index contributed by atoms with van der Waals surface area (Å²) in [5, 5.41) is 10.8. The van der Waals surface area contributed by atoms with Gasteiger partial charge in [0.1, 0.15) is 12.4 Å². The van der Waals surface area contributed by atoms with Crippen LogP contribution in [0.2, 0.25) is 0 Å². The molecule has 0 saturated carbocycles. The predicted octanol–water partition coefficient (Wildman–Crippen LogP) is 4.83. The summed E-state index contributed by atoms with van der Waals surface area (Å²) in [6, 6.07) is 3.83. The van der Waals surface area contributed by atoms with Crippen LogP contribution >= 0.6 is 20.0 Å². The number of thioether (sulfide) groups is 1. The molecule has 0 aliphatic carbocycles. The van der Waals surface area contributed by atoms with Gasteiger partial charge < -0.3 is 14.5 Å².